The van der Waals surface area contributed by atoms with Gasteiger partial charge in [-0.05, 0) is 57.0 Å². The third-order valence-electron chi connectivity index (χ3n) is 5.46. The van der Waals surface area contributed by atoms with Crippen molar-refractivity contribution in [3.8, 4) is 0 Å². The van der Waals surface area contributed by atoms with Gasteiger partial charge in [0.2, 0.25) is 10.0 Å². The molecule has 1 aromatic carbocycles. The van der Waals surface area contributed by atoms with E-state index < -0.39 is 33.1 Å². The van der Waals surface area contributed by atoms with Crippen LogP contribution in [0, 0.1) is 5.82 Å². The number of likely N-dealkylation sites (tertiary alicyclic amines) is 1. The molecular formula is C17H22F4N2O2S. The van der Waals surface area contributed by atoms with Crippen LogP contribution in [0.5, 0.6) is 0 Å². The van der Waals surface area contributed by atoms with Crippen molar-refractivity contribution in [3.63, 3.8) is 0 Å². The Morgan fingerprint density at radius 3 is 2.42 bits per heavy atom. The lowest BCUT2D eigenvalue weighted by Crippen LogP contribution is -2.47. The van der Waals surface area contributed by atoms with E-state index in [0.29, 0.717) is 12.8 Å². The maximum absolute atomic E-state index is 13.6. The van der Waals surface area contributed by atoms with E-state index in [4.69, 9.17) is 0 Å². The van der Waals surface area contributed by atoms with Gasteiger partial charge in [0.05, 0.1) is 17.4 Å². The highest BCUT2D eigenvalue weighted by molar-refractivity contribution is 7.88. The summed E-state index contributed by atoms with van der Waals surface area (Å²) in [5.41, 5.74) is -2.16. The van der Waals surface area contributed by atoms with Crippen LogP contribution in [-0.2, 0) is 21.7 Å². The van der Waals surface area contributed by atoms with E-state index in [1.807, 2.05) is 7.05 Å². The number of sulfonamides is 1. The fraction of sp³-hybridized carbons (Fsp3) is 0.647. The Bertz CT molecular complexity index is 790. The number of hydrogen-bond acceptors (Lipinski definition) is 3. The molecule has 2 aliphatic rings. The number of alkyl halides is 3. The summed E-state index contributed by atoms with van der Waals surface area (Å²) in [5, 5.41) is 0. The molecule has 2 fully saturated rings. The number of likely N-dealkylation sites (N-methyl/N-ethyl adjacent to an activating group) is 1. The highest BCUT2D eigenvalue weighted by Gasteiger charge is 2.54. The normalized spacial score (nSPS) is 23.6. The Morgan fingerprint density at radius 2 is 1.96 bits per heavy atom. The van der Waals surface area contributed by atoms with Crippen LogP contribution in [-0.4, -0.2) is 50.1 Å². The average molecular weight is 394 g/mol. The monoisotopic (exact) mass is 394 g/mol. The fourth-order valence-corrected chi connectivity index (χ4v) is 5.23. The van der Waals surface area contributed by atoms with Gasteiger partial charge in [0.25, 0.3) is 0 Å². The molecule has 0 bridgehead atoms. The highest BCUT2D eigenvalue weighted by Crippen LogP contribution is 2.53. The fourth-order valence-electron chi connectivity index (χ4n) is 3.86. The molecule has 4 nitrogen and oxygen atoms in total. The first-order chi connectivity index (χ1) is 11.9. The molecule has 1 heterocycles. The van der Waals surface area contributed by atoms with Crippen molar-refractivity contribution < 1.29 is 26.0 Å². The Morgan fingerprint density at radius 1 is 1.31 bits per heavy atom. The highest BCUT2D eigenvalue weighted by atomic mass is 32.2. The molecule has 146 valence electrons. The van der Waals surface area contributed by atoms with Crippen molar-refractivity contribution in [3.05, 3.63) is 35.1 Å². The molecule has 3 rings (SSSR count). The van der Waals surface area contributed by atoms with Crippen molar-refractivity contribution in [2.24, 2.45) is 0 Å². The van der Waals surface area contributed by atoms with Gasteiger partial charge < -0.3 is 4.90 Å². The molecule has 1 atom stereocenters. The van der Waals surface area contributed by atoms with Crippen LogP contribution in [0.15, 0.2) is 18.2 Å². The summed E-state index contributed by atoms with van der Waals surface area (Å²) >= 11 is 0. The van der Waals surface area contributed by atoms with Crippen molar-refractivity contribution in [2.45, 2.75) is 43.4 Å². The molecule has 9 heteroatoms. The first kappa shape index (κ1) is 19.6. The topological polar surface area (TPSA) is 40.6 Å². The first-order valence-electron chi connectivity index (χ1n) is 8.50. The van der Waals surface area contributed by atoms with Crippen molar-refractivity contribution >= 4 is 10.0 Å². The van der Waals surface area contributed by atoms with Gasteiger partial charge in [-0.25, -0.2) is 12.8 Å². The molecule has 0 N–H and O–H groups in total. The minimum atomic E-state index is -4.82. The van der Waals surface area contributed by atoms with Gasteiger partial charge in [0.15, 0.2) is 0 Å². The molecule has 0 amide bonds. The van der Waals surface area contributed by atoms with Crippen LogP contribution in [0.4, 0.5) is 17.6 Å². The standard InChI is InChI=1S/C17H22F4N2O2S/c1-22-9-3-4-13(22)11-23(26(2,24)25)16(7-8-16)12-5-6-15(18)14(10-12)17(19,20)21/h5-6,10,13H,3-4,7-9,11H2,1-2H3/t13-/m0/s1. The number of nitrogens with zero attached hydrogens (tertiary/aromatic N) is 2. The van der Waals surface area contributed by atoms with E-state index in [1.54, 1.807) is 0 Å². The molecule has 1 aliphatic heterocycles. The second-order valence-corrected chi connectivity index (χ2v) is 9.20. The van der Waals surface area contributed by atoms with Crippen LogP contribution in [0.2, 0.25) is 0 Å². The quantitative estimate of drug-likeness (QED) is 0.721. The zero-order valence-electron chi connectivity index (χ0n) is 14.7. The molecule has 1 aromatic rings. The third-order valence-corrected chi connectivity index (χ3v) is 6.76. The van der Waals surface area contributed by atoms with Gasteiger partial charge in [0, 0.05) is 12.6 Å². The molecule has 0 spiro atoms. The maximum atomic E-state index is 13.6. The molecule has 0 radical (unpaired) electrons. The Balaban J connectivity index is 1.99. The van der Waals surface area contributed by atoms with Crippen LogP contribution in [0.1, 0.15) is 36.8 Å². The van der Waals surface area contributed by atoms with Crippen LogP contribution >= 0.6 is 0 Å². The van der Waals surface area contributed by atoms with Gasteiger partial charge >= 0.3 is 6.18 Å². The van der Waals surface area contributed by atoms with Gasteiger partial charge in [-0.2, -0.15) is 17.5 Å². The molecule has 0 unspecified atom stereocenters. The van der Waals surface area contributed by atoms with Gasteiger partial charge in [-0.3, -0.25) is 0 Å². The summed E-state index contributed by atoms with van der Waals surface area (Å²) in [7, 11) is -1.73. The Kier molecular flexibility index (Phi) is 4.86. The summed E-state index contributed by atoms with van der Waals surface area (Å²) in [6.45, 7) is 1.10. The lowest BCUT2D eigenvalue weighted by atomic mass is 10.0. The molecule has 1 saturated heterocycles. The smallest absolute Gasteiger partial charge is 0.302 e. The number of benzene rings is 1. The molecular weight excluding hydrogens is 372 g/mol. The number of halogens is 4. The van der Waals surface area contributed by atoms with E-state index in [1.165, 1.54) is 10.4 Å². The van der Waals surface area contributed by atoms with E-state index in [2.05, 4.69) is 4.90 Å². The van der Waals surface area contributed by atoms with Crippen LogP contribution < -0.4 is 0 Å². The second kappa shape index (κ2) is 6.45. The third kappa shape index (κ3) is 3.61. The van der Waals surface area contributed by atoms with Crippen molar-refractivity contribution in [1.29, 1.82) is 0 Å². The van der Waals surface area contributed by atoms with Crippen molar-refractivity contribution in [1.82, 2.24) is 9.21 Å². The summed E-state index contributed by atoms with van der Waals surface area (Å²) in [5.74, 6) is -1.35. The summed E-state index contributed by atoms with van der Waals surface area (Å²) < 4.78 is 79.1. The van der Waals surface area contributed by atoms with Crippen LogP contribution in [0.3, 0.4) is 0 Å². The Hall–Kier alpha value is -1.19. The molecule has 0 aromatic heterocycles. The predicted octanol–water partition coefficient (Wildman–Crippen LogP) is 3.19. The molecule has 1 aliphatic carbocycles. The number of rotatable bonds is 5. The molecule has 26 heavy (non-hydrogen) atoms. The summed E-state index contributed by atoms with van der Waals surface area (Å²) in [4.78, 5) is 2.07. The minimum Gasteiger partial charge on any atom is -0.302 e. The van der Waals surface area contributed by atoms with Gasteiger partial charge in [-0.15, -0.1) is 0 Å². The van der Waals surface area contributed by atoms with E-state index in [-0.39, 0.29) is 18.2 Å². The van der Waals surface area contributed by atoms with Gasteiger partial charge in [0.1, 0.15) is 5.82 Å². The molecule has 1 saturated carbocycles. The SMILES string of the molecule is CN1CCC[C@H]1CN(C1(c2ccc(F)c(C(F)(F)F)c2)CC1)S(C)(=O)=O. The van der Waals surface area contributed by atoms with Crippen LogP contribution in [0.25, 0.3) is 0 Å². The van der Waals surface area contributed by atoms with E-state index >= 15 is 0 Å². The zero-order valence-corrected chi connectivity index (χ0v) is 15.5. The average Bonchev–Trinajstić information content (AvgIpc) is 3.20. The lowest BCUT2D eigenvalue weighted by molar-refractivity contribution is -0.140. The summed E-state index contributed by atoms with van der Waals surface area (Å²) in [6.07, 6.45) is -1.08. The zero-order chi connectivity index (χ0) is 19.3. The lowest BCUT2D eigenvalue weighted by Gasteiger charge is -2.34. The number of hydrogen-bond donors (Lipinski definition) is 0. The van der Waals surface area contributed by atoms with Gasteiger partial charge in [-0.1, -0.05) is 6.07 Å². The predicted molar refractivity (Wildman–Crippen MR) is 89.5 cm³/mol. The summed E-state index contributed by atoms with van der Waals surface area (Å²) in [6, 6.07) is 2.85. The first-order valence-corrected chi connectivity index (χ1v) is 10.4. The Labute approximate surface area is 150 Å². The van der Waals surface area contributed by atoms with Crippen molar-refractivity contribution in [2.75, 3.05) is 26.4 Å². The largest absolute Gasteiger partial charge is 0.419 e. The second-order valence-electron chi connectivity index (χ2n) is 7.29. The van der Waals surface area contributed by atoms with E-state index in [9.17, 15) is 26.0 Å². The minimum absolute atomic E-state index is 0.0322. The van der Waals surface area contributed by atoms with E-state index in [0.717, 1.165) is 37.8 Å². The maximum Gasteiger partial charge on any atom is 0.419 e.